The number of nitro groups is 1. The van der Waals surface area contributed by atoms with E-state index in [0.29, 0.717) is 29.8 Å². The molecule has 4 aromatic rings. The summed E-state index contributed by atoms with van der Waals surface area (Å²) in [6.45, 7) is 0. The van der Waals surface area contributed by atoms with Gasteiger partial charge in [0, 0.05) is 22.7 Å². The van der Waals surface area contributed by atoms with E-state index in [4.69, 9.17) is 11.6 Å². The smallest absolute Gasteiger partial charge is 0.282 e. The number of rotatable bonds is 5. The lowest BCUT2D eigenvalue weighted by molar-refractivity contribution is -0.385. The van der Waals surface area contributed by atoms with Crippen LogP contribution in [-0.2, 0) is 12.8 Å². The number of fused-ring (bicyclic) bond motifs is 1. The van der Waals surface area contributed by atoms with Gasteiger partial charge >= 0.3 is 0 Å². The van der Waals surface area contributed by atoms with Crippen molar-refractivity contribution in [2.24, 2.45) is 0 Å². The van der Waals surface area contributed by atoms with Crippen LogP contribution < -0.4 is 10.9 Å². The summed E-state index contributed by atoms with van der Waals surface area (Å²) >= 11 is 7.42. The van der Waals surface area contributed by atoms with E-state index in [2.05, 4.69) is 20.4 Å². The van der Waals surface area contributed by atoms with Crippen LogP contribution in [0.25, 0.3) is 16.5 Å². The maximum atomic E-state index is 13.0. The number of nitro benzene ring substituents is 1. The van der Waals surface area contributed by atoms with Gasteiger partial charge in [-0.25, -0.2) is 4.98 Å². The fraction of sp³-hybridized carbons (Fsp3) is 0.143. The van der Waals surface area contributed by atoms with E-state index in [0.717, 1.165) is 11.3 Å². The van der Waals surface area contributed by atoms with Gasteiger partial charge in [0.1, 0.15) is 17.1 Å². The summed E-state index contributed by atoms with van der Waals surface area (Å²) in [4.78, 5) is 44.4. The van der Waals surface area contributed by atoms with Gasteiger partial charge in [-0.15, -0.1) is 11.3 Å². The molecular formula is C21H15ClN6O4S. The molecule has 0 unspecified atom stereocenters. The van der Waals surface area contributed by atoms with Crippen LogP contribution in [0, 0.1) is 10.1 Å². The standard InChI is InChI=1S/C21H15ClN6O4S/c22-11-6-7-16(28(31)32)13(9-11)20(30)24-18-10-15(17-5-2-8-33-17)26-27(18)21-23-14-4-1-3-12(14)19(29)25-21/h2,5-10H,1,3-4H2,(H,24,30)(H,23,25,29). The van der Waals surface area contributed by atoms with Crippen molar-refractivity contribution in [1.29, 1.82) is 0 Å². The maximum Gasteiger partial charge on any atom is 0.282 e. The van der Waals surface area contributed by atoms with E-state index in [1.807, 2.05) is 17.5 Å². The third-order valence-electron chi connectivity index (χ3n) is 5.25. The van der Waals surface area contributed by atoms with E-state index in [1.165, 1.54) is 34.2 Å². The van der Waals surface area contributed by atoms with E-state index in [9.17, 15) is 19.7 Å². The van der Waals surface area contributed by atoms with Gasteiger partial charge in [-0.05, 0) is 42.8 Å². The molecule has 3 aromatic heterocycles. The highest BCUT2D eigenvalue weighted by Gasteiger charge is 2.24. The minimum Gasteiger partial charge on any atom is -0.306 e. The average molecular weight is 483 g/mol. The number of H-pyrrole nitrogens is 1. The molecule has 1 aromatic carbocycles. The normalized spacial score (nSPS) is 12.5. The van der Waals surface area contributed by atoms with Gasteiger partial charge in [0.05, 0.1) is 15.5 Å². The van der Waals surface area contributed by atoms with Crippen LogP contribution in [0.2, 0.25) is 5.02 Å². The van der Waals surface area contributed by atoms with Gasteiger partial charge in [0.25, 0.3) is 17.2 Å². The number of hydrogen-bond donors (Lipinski definition) is 2. The zero-order valence-corrected chi connectivity index (χ0v) is 18.4. The van der Waals surface area contributed by atoms with E-state index < -0.39 is 10.8 Å². The molecule has 0 spiro atoms. The number of nitrogens with zero attached hydrogens (tertiary/aromatic N) is 4. The monoisotopic (exact) mass is 482 g/mol. The molecule has 0 saturated heterocycles. The number of hydrogen-bond acceptors (Lipinski definition) is 7. The van der Waals surface area contributed by atoms with Gasteiger partial charge in [0.15, 0.2) is 0 Å². The number of benzene rings is 1. The van der Waals surface area contributed by atoms with Gasteiger partial charge in [-0.2, -0.15) is 9.78 Å². The Bertz CT molecular complexity index is 1460. The second-order valence-electron chi connectivity index (χ2n) is 7.34. The Kier molecular flexibility index (Phi) is 5.27. The van der Waals surface area contributed by atoms with E-state index in [1.54, 1.807) is 6.07 Å². The molecule has 0 aliphatic heterocycles. The molecule has 1 aliphatic rings. The first-order valence-electron chi connectivity index (χ1n) is 9.92. The zero-order valence-electron chi connectivity index (χ0n) is 16.9. The molecule has 2 N–H and O–H groups in total. The van der Waals surface area contributed by atoms with Gasteiger partial charge in [-0.3, -0.25) is 24.7 Å². The van der Waals surface area contributed by atoms with Crippen LogP contribution in [0.4, 0.5) is 11.5 Å². The van der Waals surface area contributed by atoms with Crippen LogP contribution in [0.1, 0.15) is 28.0 Å². The van der Waals surface area contributed by atoms with Crippen molar-refractivity contribution in [3.05, 3.63) is 84.1 Å². The Morgan fingerprint density at radius 1 is 1.27 bits per heavy atom. The van der Waals surface area contributed by atoms with E-state index in [-0.39, 0.29) is 33.6 Å². The molecule has 0 saturated carbocycles. The predicted octanol–water partition coefficient (Wildman–Crippen LogP) is 3.99. The van der Waals surface area contributed by atoms with Crippen LogP contribution >= 0.6 is 22.9 Å². The number of aryl methyl sites for hydroxylation is 1. The topological polar surface area (TPSA) is 136 Å². The van der Waals surface area contributed by atoms with Crippen LogP contribution in [-0.4, -0.2) is 30.6 Å². The number of halogens is 1. The highest BCUT2D eigenvalue weighted by Crippen LogP contribution is 2.29. The number of aromatic amines is 1. The summed E-state index contributed by atoms with van der Waals surface area (Å²) in [6.07, 6.45) is 2.19. The third-order valence-corrected chi connectivity index (χ3v) is 6.38. The molecule has 0 radical (unpaired) electrons. The molecule has 5 rings (SSSR count). The largest absolute Gasteiger partial charge is 0.306 e. The lowest BCUT2D eigenvalue weighted by Gasteiger charge is -2.09. The van der Waals surface area contributed by atoms with Crippen molar-refractivity contribution in [2.75, 3.05) is 5.32 Å². The van der Waals surface area contributed by atoms with Crippen molar-refractivity contribution < 1.29 is 9.72 Å². The first-order valence-corrected chi connectivity index (χ1v) is 11.2. The third kappa shape index (κ3) is 3.92. The van der Waals surface area contributed by atoms with Crippen molar-refractivity contribution in [3.63, 3.8) is 0 Å². The van der Waals surface area contributed by atoms with Crippen LogP contribution in [0.3, 0.4) is 0 Å². The molecular weight excluding hydrogens is 468 g/mol. The van der Waals surface area contributed by atoms with Crippen LogP contribution in [0.15, 0.2) is 46.6 Å². The summed E-state index contributed by atoms with van der Waals surface area (Å²) in [5.74, 6) is -0.398. The Labute approximate surface area is 195 Å². The SMILES string of the molecule is O=C(Nc1cc(-c2cccs2)nn1-c1nc2c(c(=O)[nH]1)CCC2)c1cc(Cl)ccc1[N+](=O)[O-]. The molecule has 33 heavy (non-hydrogen) atoms. The minimum absolute atomic E-state index is 0.152. The lowest BCUT2D eigenvalue weighted by Crippen LogP contribution is -2.21. The lowest BCUT2D eigenvalue weighted by atomic mass is 10.1. The fourth-order valence-electron chi connectivity index (χ4n) is 3.74. The number of carbonyl (C=O) groups excluding carboxylic acids is 1. The summed E-state index contributed by atoms with van der Waals surface area (Å²) in [6, 6.07) is 9.09. The van der Waals surface area contributed by atoms with Crippen molar-refractivity contribution >= 4 is 40.4 Å². The fourth-order valence-corrected chi connectivity index (χ4v) is 4.59. The average Bonchev–Trinajstić information content (AvgIpc) is 3.53. The van der Waals surface area contributed by atoms with Crippen molar-refractivity contribution in [2.45, 2.75) is 19.3 Å². The molecule has 1 aliphatic carbocycles. The molecule has 0 fully saturated rings. The Hall–Kier alpha value is -3.83. The van der Waals surface area contributed by atoms with Crippen molar-refractivity contribution in [1.82, 2.24) is 19.7 Å². The Balaban J connectivity index is 1.60. The summed E-state index contributed by atoms with van der Waals surface area (Å²) < 4.78 is 1.32. The summed E-state index contributed by atoms with van der Waals surface area (Å²) in [7, 11) is 0. The number of nitrogens with one attached hydrogen (secondary N) is 2. The van der Waals surface area contributed by atoms with Gasteiger partial charge in [-0.1, -0.05) is 17.7 Å². The summed E-state index contributed by atoms with van der Waals surface area (Å²) in [5, 5.41) is 20.7. The Morgan fingerprint density at radius 2 is 2.12 bits per heavy atom. The first kappa shape index (κ1) is 21.0. The highest BCUT2D eigenvalue weighted by molar-refractivity contribution is 7.13. The maximum absolute atomic E-state index is 13.0. The second-order valence-corrected chi connectivity index (χ2v) is 8.73. The predicted molar refractivity (Wildman–Crippen MR) is 123 cm³/mol. The Morgan fingerprint density at radius 3 is 2.88 bits per heavy atom. The van der Waals surface area contributed by atoms with E-state index >= 15 is 0 Å². The zero-order chi connectivity index (χ0) is 23.1. The molecule has 0 atom stereocenters. The summed E-state index contributed by atoms with van der Waals surface area (Å²) in [5.41, 5.74) is 1.07. The van der Waals surface area contributed by atoms with Gasteiger partial charge < -0.3 is 5.32 Å². The number of aromatic nitrogens is 4. The first-order chi connectivity index (χ1) is 15.9. The molecule has 166 valence electrons. The number of anilines is 1. The highest BCUT2D eigenvalue weighted by atomic mass is 35.5. The molecule has 12 heteroatoms. The number of carbonyl (C=O) groups is 1. The second kappa shape index (κ2) is 8.26. The van der Waals surface area contributed by atoms with Gasteiger partial charge in [0.2, 0.25) is 5.95 Å². The minimum atomic E-state index is -0.744. The molecule has 0 bridgehead atoms. The number of thiophene rings is 1. The quantitative estimate of drug-likeness (QED) is 0.326. The molecule has 3 heterocycles. The number of amides is 1. The van der Waals surface area contributed by atoms with Crippen molar-refractivity contribution in [3.8, 4) is 16.5 Å². The molecule has 1 amide bonds. The molecule has 10 nitrogen and oxygen atoms in total. The van der Waals surface area contributed by atoms with Crippen LogP contribution in [0.5, 0.6) is 0 Å².